The largest absolute Gasteiger partial charge is 0.459 e. The number of carbonyl (C=O) groups excluding carboxylic acids is 2. The maximum absolute atomic E-state index is 14.2. The van der Waals surface area contributed by atoms with Gasteiger partial charge in [0.15, 0.2) is 0 Å². The minimum absolute atomic E-state index is 0.0314. The molecule has 0 spiro atoms. The Labute approximate surface area is 225 Å². The van der Waals surface area contributed by atoms with Crippen LogP contribution in [0.4, 0.5) is 20.2 Å². The average molecular weight is 558 g/mol. The number of nitrogens with one attached hydrogen (secondary N) is 1. The Morgan fingerprint density at radius 1 is 1.26 bits per heavy atom. The van der Waals surface area contributed by atoms with Gasteiger partial charge >= 0.3 is 5.97 Å². The number of benzene rings is 1. The quantitative estimate of drug-likeness (QED) is 0.301. The SMILES string of the molecule is CCC(N)C(=O)O[C@H]1CCCN(c2c(NC(=O)c3csc(-c4c(F)cccc4F)n3)cnc3ccsc23)C1. The van der Waals surface area contributed by atoms with Crippen molar-refractivity contribution in [3.05, 3.63) is 58.6 Å². The van der Waals surface area contributed by atoms with Crippen molar-refractivity contribution in [1.82, 2.24) is 9.97 Å². The normalized spacial score (nSPS) is 16.4. The lowest BCUT2D eigenvalue weighted by atomic mass is 10.1. The number of carbonyl (C=O) groups is 2. The molecule has 0 aliphatic carbocycles. The number of thiazole rings is 1. The number of piperidine rings is 1. The van der Waals surface area contributed by atoms with Crippen LogP contribution in [0, 0.1) is 11.6 Å². The standard InChI is InChI=1S/C26H25F2N5O3S2/c1-2-17(29)26(35)36-14-5-4-9-33(12-14)22-19(11-30-18-8-10-37-23(18)22)31-24(34)20-13-38-25(32-20)21-15(27)6-3-7-16(21)28/h3,6-8,10-11,13-14,17H,2,4-5,9,12,29H2,1H3,(H,31,34)/t14-,17?/m0/s1. The van der Waals surface area contributed by atoms with Gasteiger partial charge < -0.3 is 20.7 Å². The molecule has 1 aliphatic rings. The number of fused-ring (bicyclic) bond motifs is 1. The lowest BCUT2D eigenvalue weighted by Gasteiger charge is -2.35. The monoisotopic (exact) mass is 557 g/mol. The van der Waals surface area contributed by atoms with Gasteiger partial charge in [-0.05, 0) is 42.8 Å². The predicted molar refractivity (Wildman–Crippen MR) is 145 cm³/mol. The molecular formula is C26H25F2N5O3S2. The summed E-state index contributed by atoms with van der Waals surface area (Å²) >= 11 is 2.47. The highest BCUT2D eigenvalue weighted by Gasteiger charge is 2.29. The molecule has 3 aromatic heterocycles. The van der Waals surface area contributed by atoms with Crippen LogP contribution in [0.25, 0.3) is 20.8 Å². The Morgan fingerprint density at radius 3 is 2.82 bits per heavy atom. The second kappa shape index (κ2) is 11.1. The highest BCUT2D eigenvalue weighted by molar-refractivity contribution is 7.17. The third-order valence-electron chi connectivity index (χ3n) is 6.33. The first-order valence-corrected chi connectivity index (χ1v) is 13.9. The van der Waals surface area contributed by atoms with E-state index in [-0.39, 0.29) is 22.4 Å². The number of amides is 1. The molecule has 1 unspecified atom stereocenters. The average Bonchev–Trinajstić information content (AvgIpc) is 3.58. The van der Waals surface area contributed by atoms with E-state index >= 15 is 0 Å². The molecule has 2 atom stereocenters. The zero-order valence-electron chi connectivity index (χ0n) is 20.4. The molecule has 12 heteroatoms. The smallest absolute Gasteiger partial charge is 0.323 e. The van der Waals surface area contributed by atoms with Gasteiger partial charge in [0, 0.05) is 11.9 Å². The number of anilines is 2. The summed E-state index contributed by atoms with van der Waals surface area (Å²) in [6.07, 6.45) is 3.23. The van der Waals surface area contributed by atoms with Crippen molar-refractivity contribution in [2.24, 2.45) is 5.73 Å². The zero-order chi connectivity index (χ0) is 26.8. The lowest BCUT2D eigenvalue weighted by Crippen LogP contribution is -2.43. The van der Waals surface area contributed by atoms with E-state index in [2.05, 4.69) is 20.2 Å². The molecular weight excluding hydrogens is 532 g/mol. The molecule has 0 saturated carbocycles. The van der Waals surface area contributed by atoms with Crippen LogP contribution < -0.4 is 16.0 Å². The molecule has 1 fully saturated rings. The number of hydrogen-bond acceptors (Lipinski definition) is 9. The van der Waals surface area contributed by atoms with Crippen LogP contribution in [0.5, 0.6) is 0 Å². The number of thiophene rings is 1. The molecule has 1 amide bonds. The topological polar surface area (TPSA) is 110 Å². The van der Waals surface area contributed by atoms with Gasteiger partial charge in [-0.2, -0.15) is 0 Å². The van der Waals surface area contributed by atoms with Crippen LogP contribution in [0.15, 0.2) is 41.2 Å². The Kier molecular flexibility index (Phi) is 7.63. The molecule has 4 aromatic rings. The fourth-order valence-electron chi connectivity index (χ4n) is 4.34. The van der Waals surface area contributed by atoms with Crippen LogP contribution in [0.2, 0.25) is 0 Å². The second-order valence-electron chi connectivity index (χ2n) is 8.91. The summed E-state index contributed by atoms with van der Waals surface area (Å²) in [5, 5.41) is 6.33. The number of nitrogens with zero attached hydrogens (tertiary/aromatic N) is 3. The summed E-state index contributed by atoms with van der Waals surface area (Å²) in [6, 6.07) is 4.80. The molecule has 1 aromatic carbocycles. The van der Waals surface area contributed by atoms with Crippen molar-refractivity contribution >= 4 is 56.1 Å². The Balaban J connectivity index is 1.41. The van der Waals surface area contributed by atoms with Gasteiger partial charge in [-0.1, -0.05) is 13.0 Å². The van der Waals surface area contributed by atoms with Crippen molar-refractivity contribution < 1.29 is 23.1 Å². The maximum Gasteiger partial charge on any atom is 0.323 e. The van der Waals surface area contributed by atoms with E-state index in [1.165, 1.54) is 22.8 Å². The molecule has 4 heterocycles. The third-order valence-corrected chi connectivity index (χ3v) is 8.10. The fourth-order valence-corrected chi connectivity index (χ4v) is 6.11. The predicted octanol–water partition coefficient (Wildman–Crippen LogP) is 5.20. The summed E-state index contributed by atoms with van der Waals surface area (Å²) < 4.78 is 35.0. The molecule has 1 aliphatic heterocycles. The number of nitrogens with two attached hydrogens (primary N) is 1. The minimum atomic E-state index is -0.749. The number of aromatic nitrogens is 2. The van der Waals surface area contributed by atoms with Gasteiger partial charge in [-0.25, -0.2) is 13.8 Å². The van der Waals surface area contributed by atoms with Crippen molar-refractivity contribution in [3.63, 3.8) is 0 Å². The Morgan fingerprint density at radius 2 is 2.05 bits per heavy atom. The summed E-state index contributed by atoms with van der Waals surface area (Å²) in [5.74, 6) is -2.45. The van der Waals surface area contributed by atoms with Gasteiger partial charge in [0.05, 0.1) is 39.9 Å². The summed E-state index contributed by atoms with van der Waals surface area (Å²) in [5.41, 5.74) is 7.62. The Hall–Kier alpha value is -3.48. The summed E-state index contributed by atoms with van der Waals surface area (Å²) in [4.78, 5) is 36.2. The van der Waals surface area contributed by atoms with Crippen LogP contribution in [0.1, 0.15) is 36.7 Å². The van der Waals surface area contributed by atoms with E-state index in [1.54, 1.807) is 6.20 Å². The molecule has 0 radical (unpaired) electrons. The molecule has 198 valence electrons. The highest BCUT2D eigenvalue weighted by Crippen LogP contribution is 2.39. The summed E-state index contributed by atoms with van der Waals surface area (Å²) in [6.45, 7) is 2.97. The summed E-state index contributed by atoms with van der Waals surface area (Å²) in [7, 11) is 0. The first kappa shape index (κ1) is 26.1. The van der Waals surface area contributed by atoms with E-state index in [0.717, 1.165) is 45.8 Å². The van der Waals surface area contributed by atoms with E-state index in [1.807, 2.05) is 18.4 Å². The van der Waals surface area contributed by atoms with Crippen LogP contribution >= 0.6 is 22.7 Å². The molecule has 0 bridgehead atoms. The minimum Gasteiger partial charge on any atom is -0.459 e. The van der Waals surface area contributed by atoms with Gasteiger partial charge in [0.1, 0.15) is 34.5 Å². The maximum atomic E-state index is 14.2. The van der Waals surface area contributed by atoms with E-state index < -0.39 is 29.6 Å². The fraction of sp³-hybridized carbons (Fsp3) is 0.308. The number of esters is 1. The number of rotatable bonds is 7. The van der Waals surface area contributed by atoms with Crippen LogP contribution in [-0.2, 0) is 9.53 Å². The molecule has 3 N–H and O–H groups in total. The molecule has 38 heavy (non-hydrogen) atoms. The van der Waals surface area contributed by atoms with Gasteiger partial charge in [-0.3, -0.25) is 14.6 Å². The van der Waals surface area contributed by atoms with E-state index in [4.69, 9.17) is 10.5 Å². The van der Waals surface area contributed by atoms with Crippen molar-refractivity contribution in [2.75, 3.05) is 23.3 Å². The number of hydrogen-bond donors (Lipinski definition) is 2. The van der Waals surface area contributed by atoms with Gasteiger partial charge in [0.25, 0.3) is 5.91 Å². The molecule has 1 saturated heterocycles. The highest BCUT2D eigenvalue weighted by atomic mass is 32.1. The van der Waals surface area contributed by atoms with Gasteiger partial charge in [-0.15, -0.1) is 22.7 Å². The van der Waals surface area contributed by atoms with Crippen molar-refractivity contribution in [2.45, 2.75) is 38.3 Å². The van der Waals surface area contributed by atoms with Crippen LogP contribution in [0.3, 0.4) is 0 Å². The van der Waals surface area contributed by atoms with Gasteiger partial charge in [0.2, 0.25) is 0 Å². The van der Waals surface area contributed by atoms with E-state index in [0.29, 0.717) is 31.6 Å². The molecule has 5 rings (SSSR count). The zero-order valence-corrected chi connectivity index (χ0v) is 22.1. The lowest BCUT2D eigenvalue weighted by molar-refractivity contribution is -0.151. The number of halogens is 2. The number of ether oxygens (including phenoxy) is 1. The van der Waals surface area contributed by atoms with E-state index in [9.17, 15) is 18.4 Å². The second-order valence-corrected chi connectivity index (χ2v) is 10.7. The van der Waals surface area contributed by atoms with Crippen molar-refractivity contribution in [1.29, 1.82) is 0 Å². The first-order chi connectivity index (χ1) is 18.4. The first-order valence-electron chi connectivity index (χ1n) is 12.1. The van der Waals surface area contributed by atoms with Crippen LogP contribution in [-0.4, -0.2) is 47.1 Å². The Bertz CT molecular complexity index is 1470. The number of pyridine rings is 1. The molecule has 8 nitrogen and oxygen atoms in total. The van der Waals surface area contributed by atoms with Crippen molar-refractivity contribution in [3.8, 4) is 10.6 Å². The third kappa shape index (κ3) is 5.24.